The molecular weight excluding hydrogens is 188 g/mol. The number of amides is 1. The van der Waals surface area contributed by atoms with Crippen molar-refractivity contribution < 1.29 is 4.79 Å². The van der Waals surface area contributed by atoms with Crippen molar-refractivity contribution in [3.05, 3.63) is 0 Å². The van der Waals surface area contributed by atoms with E-state index >= 15 is 0 Å². The van der Waals surface area contributed by atoms with Crippen LogP contribution in [0.25, 0.3) is 0 Å². The summed E-state index contributed by atoms with van der Waals surface area (Å²) in [6.07, 6.45) is 6.80. The Hall–Kier alpha value is -0.570. The third kappa shape index (κ3) is 3.49. The van der Waals surface area contributed by atoms with Gasteiger partial charge < -0.3 is 11.1 Å². The Morgan fingerprint density at radius 2 is 2.07 bits per heavy atom. The van der Waals surface area contributed by atoms with Crippen LogP contribution in [-0.2, 0) is 4.79 Å². The van der Waals surface area contributed by atoms with E-state index in [1.807, 2.05) is 6.92 Å². The number of hydrogen-bond donors (Lipinski definition) is 2. The van der Waals surface area contributed by atoms with Crippen molar-refractivity contribution in [3.63, 3.8) is 0 Å². The summed E-state index contributed by atoms with van der Waals surface area (Å²) in [5.74, 6) is 0.689. The Morgan fingerprint density at radius 3 is 2.67 bits per heavy atom. The number of hydrogen-bond acceptors (Lipinski definition) is 2. The summed E-state index contributed by atoms with van der Waals surface area (Å²) in [7, 11) is 0. The van der Waals surface area contributed by atoms with Gasteiger partial charge in [-0.1, -0.05) is 33.1 Å². The molecule has 1 amide bonds. The molecule has 0 heterocycles. The lowest BCUT2D eigenvalue weighted by atomic mass is 9.83. The second-order valence-corrected chi connectivity index (χ2v) is 4.58. The first-order chi connectivity index (χ1) is 7.19. The molecule has 3 heteroatoms. The molecule has 88 valence electrons. The van der Waals surface area contributed by atoms with E-state index in [0.717, 1.165) is 19.3 Å². The highest BCUT2D eigenvalue weighted by Crippen LogP contribution is 2.26. The third-order valence-corrected chi connectivity index (χ3v) is 3.54. The van der Waals surface area contributed by atoms with E-state index in [0.29, 0.717) is 12.0 Å². The summed E-state index contributed by atoms with van der Waals surface area (Å²) in [4.78, 5) is 11.7. The van der Waals surface area contributed by atoms with E-state index in [4.69, 9.17) is 5.73 Å². The Balaban J connectivity index is 2.44. The Labute approximate surface area is 92.8 Å². The van der Waals surface area contributed by atoms with Crippen molar-refractivity contribution in [2.75, 3.05) is 0 Å². The molecule has 1 aliphatic carbocycles. The molecule has 0 bridgehead atoms. The molecule has 0 saturated heterocycles. The standard InChI is InChI=1S/C12H24N2O/c1-3-9-7-5-6-8-11(9)14-12(15)10(13)4-2/h9-11H,3-8,13H2,1-2H3,(H,14,15). The zero-order valence-electron chi connectivity index (χ0n) is 9.96. The van der Waals surface area contributed by atoms with Crippen molar-refractivity contribution in [2.45, 2.75) is 64.5 Å². The topological polar surface area (TPSA) is 55.1 Å². The van der Waals surface area contributed by atoms with Gasteiger partial charge >= 0.3 is 0 Å². The third-order valence-electron chi connectivity index (χ3n) is 3.54. The fourth-order valence-corrected chi connectivity index (χ4v) is 2.36. The van der Waals surface area contributed by atoms with Crippen molar-refractivity contribution in [1.29, 1.82) is 0 Å². The lowest BCUT2D eigenvalue weighted by Gasteiger charge is -2.32. The monoisotopic (exact) mass is 212 g/mol. The number of carbonyl (C=O) groups excluding carboxylic acids is 1. The van der Waals surface area contributed by atoms with Crippen molar-refractivity contribution in [3.8, 4) is 0 Å². The lowest BCUT2D eigenvalue weighted by Crippen LogP contribution is -2.48. The van der Waals surface area contributed by atoms with E-state index in [2.05, 4.69) is 12.2 Å². The van der Waals surface area contributed by atoms with Crippen LogP contribution in [0, 0.1) is 5.92 Å². The van der Waals surface area contributed by atoms with Gasteiger partial charge in [0.25, 0.3) is 0 Å². The summed E-state index contributed by atoms with van der Waals surface area (Å²) in [5.41, 5.74) is 5.71. The molecule has 0 spiro atoms. The van der Waals surface area contributed by atoms with E-state index in [1.165, 1.54) is 19.3 Å². The van der Waals surface area contributed by atoms with Gasteiger partial charge in [-0.2, -0.15) is 0 Å². The van der Waals surface area contributed by atoms with Crippen LogP contribution >= 0.6 is 0 Å². The van der Waals surface area contributed by atoms with Crippen LogP contribution < -0.4 is 11.1 Å². The number of carbonyl (C=O) groups is 1. The maximum absolute atomic E-state index is 11.7. The lowest BCUT2D eigenvalue weighted by molar-refractivity contribution is -0.123. The molecule has 1 fully saturated rings. The predicted molar refractivity (Wildman–Crippen MR) is 62.4 cm³/mol. The molecule has 0 radical (unpaired) electrons. The highest BCUT2D eigenvalue weighted by molar-refractivity contribution is 5.81. The zero-order valence-corrected chi connectivity index (χ0v) is 9.96. The van der Waals surface area contributed by atoms with Gasteiger partial charge in [-0.3, -0.25) is 4.79 Å². The molecule has 1 rings (SSSR count). The van der Waals surface area contributed by atoms with E-state index in [9.17, 15) is 4.79 Å². The molecule has 3 nitrogen and oxygen atoms in total. The Morgan fingerprint density at radius 1 is 1.40 bits per heavy atom. The predicted octanol–water partition coefficient (Wildman–Crippen LogP) is 1.81. The highest BCUT2D eigenvalue weighted by Gasteiger charge is 2.26. The van der Waals surface area contributed by atoms with Crippen LogP contribution in [0.3, 0.4) is 0 Å². The minimum Gasteiger partial charge on any atom is -0.352 e. The Kier molecular flexibility index (Phi) is 5.09. The first kappa shape index (κ1) is 12.5. The SMILES string of the molecule is CCC(N)C(=O)NC1CCCCC1CC. The van der Waals surface area contributed by atoms with Gasteiger partial charge in [0, 0.05) is 6.04 Å². The summed E-state index contributed by atoms with van der Waals surface area (Å²) in [6, 6.07) is 0.0401. The minimum absolute atomic E-state index is 0.0304. The molecule has 15 heavy (non-hydrogen) atoms. The summed E-state index contributed by atoms with van der Waals surface area (Å²) >= 11 is 0. The quantitative estimate of drug-likeness (QED) is 0.746. The fraction of sp³-hybridized carbons (Fsp3) is 0.917. The normalized spacial score (nSPS) is 28.5. The minimum atomic E-state index is -0.329. The zero-order chi connectivity index (χ0) is 11.3. The van der Waals surface area contributed by atoms with Gasteiger partial charge in [0.2, 0.25) is 5.91 Å². The van der Waals surface area contributed by atoms with Gasteiger partial charge in [0.15, 0.2) is 0 Å². The summed E-state index contributed by atoms with van der Waals surface area (Å²) in [6.45, 7) is 4.15. The first-order valence-electron chi connectivity index (χ1n) is 6.25. The molecule has 1 saturated carbocycles. The van der Waals surface area contributed by atoms with E-state index < -0.39 is 0 Å². The van der Waals surface area contributed by atoms with Crippen molar-refractivity contribution >= 4 is 5.91 Å². The molecule has 0 aromatic carbocycles. The summed E-state index contributed by atoms with van der Waals surface area (Å²) < 4.78 is 0. The van der Waals surface area contributed by atoms with Crippen LogP contribution in [0.4, 0.5) is 0 Å². The van der Waals surface area contributed by atoms with Crippen LogP contribution in [-0.4, -0.2) is 18.0 Å². The average molecular weight is 212 g/mol. The molecule has 1 aliphatic rings. The van der Waals surface area contributed by atoms with E-state index in [1.54, 1.807) is 0 Å². The average Bonchev–Trinajstić information content (AvgIpc) is 2.28. The molecule has 0 aromatic heterocycles. The second-order valence-electron chi connectivity index (χ2n) is 4.58. The van der Waals surface area contributed by atoms with Crippen molar-refractivity contribution in [1.82, 2.24) is 5.32 Å². The number of rotatable bonds is 4. The van der Waals surface area contributed by atoms with Gasteiger partial charge in [0.1, 0.15) is 0 Å². The number of nitrogens with two attached hydrogens (primary N) is 1. The molecule has 0 aromatic rings. The van der Waals surface area contributed by atoms with Crippen molar-refractivity contribution in [2.24, 2.45) is 11.7 Å². The maximum Gasteiger partial charge on any atom is 0.237 e. The molecule has 3 unspecified atom stereocenters. The van der Waals surface area contributed by atoms with Gasteiger partial charge in [0.05, 0.1) is 6.04 Å². The second kappa shape index (κ2) is 6.11. The fourth-order valence-electron chi connectivity index (χ4n) is 2.36. The maximum atomic E-state index is 11.7. The number of nitrogens with one attached hydrogen (secondary N) is 1. The smallest absolute Gasteiger partial charge is 0.237 e. The van der Waals surface area contributed by atoms with Crippen LogP contribution in [0.5, 0.6) is 0 Å². The molecule has 0 aliphatic heterocycles. The van der Waals surface area contributed by atoms with Gasteiger partial charge in [-0.05, 0) is 25.2 Å². The molecule has 3 N–H and O–H groups in total. The van der Waals surface area contributed by atoms with Crippen LogP contribution in [0.1, 0.15) is 52.4 Å². The highest BCUT2D eigenvalue weighted by atomic mass is 16.2. The van der Waals surface area contributed by atoms with Gasteiger partial charge in [-0.15, -0.1) is 0 Å². The van der Waals surface area contributed by atoms with Gasteiger partial charge in [-0.25, -0.2) is 0 Å². The van der Waals surface area contributed by atoms with Crippen LogP contribution in [0.2, 0.25) is 0 Å². The molecule has 3 atom stereocenters. The largest absolute Gasteiger partial charge is 0.352 e. The summed E-state index contributed by atoms with van der Waals surface area (Å²) in [5, 5.41) is 3.11. The molecular formula is C12H24N2O. The first-order valence-corrected chi connectivity index (χ1v) is 6.25. The Bertz CT molecular complexity index is 206. The van der Waals surface area contributed by atoms with Crippen LogP contribution in [0.15, 0.2) is 0 Å². The van der Waals surface area contributed by atoms with E-state index in [-0.39, 0.29) is 11.9 Å².